The van der Waals surface area contributed by atoms with Crippen LogP contribution < -0.4 is 0 Å². The third kappa shape index (κ3) is 3.44. The fourth-order valence-electron chi connectivity index (χ4n) is 3.58. The van der Waals surface area contributed by atoms with E-state index >= 15 is 0 Å². The van der Waals surface area contributed by atoms with Gasteiger partial charge in [0.2, 0.25) is 0 Å². The lowest BCUT2D eigenvalue weighted by atomic mass is 10.0. The molecule has 1 atom stereocenters. The van der Waals surface area contributed by atoms with Gasteiger partial charge < -0.3 is 18.8 Å². The number of hydrogen-bond acceptors (Lipinski definition) is 5. The van der Waals surface area contributed by atoms with E-state index in [0.717, 1.165) is 32.2 Å². The lowest BCUT2D eigenvalue weighted by Gasteiger charge is -2.43. The van der Waals surface area contributed by atoms with Crippen molar-refractivity contribution in [3.63, 3.8) is 0 Å². The summed E-state index contributed by atoms with van der Waals surface area (Å²) in [5.41, 5.74) is 0.203. The summed E-state index contributed by atoms with van der Waals surface area (Å²) >= 11 is 0. The zero-order chi connectivity index (χ0) is 15.7. The van der Waals surface area contributed by atoms with Crippen LogP contribution in [0.4, 0.5) is 0 Å². The lowest BCUT2D eigenvalue weighted by Crippen LogP contribution is -2.60. The quantitative estimate of drug-likeness (QED) is 0.838. The Bertz CT molecular complexity index is 543. The van der Waals surface area contributed by atoms with Crippen LogP contribution in [-0.4, -0.2) is 73.9 Å². The molecule has 1 aromatic rings. The molecule has 0 aromatic carbocycles. The zero-order valence-electron chi connectivity index (χ0n) is 13.4. The third-order valence-corrected chi connectivity index (χ3v) is 4.95. The molecule has 1 aromatic heterocycles. The maximum absolute atomic E-state index is 12.6. The van der Waals surface area contributed by atoms with Gasteiger partial charge in [-0.25, -0.2) is 0 Å². The number of nitrogens with zero attached hydrogens (tertiary/aromatic N) is 2. The number of rotatable bonds is 3. The van der Waals surface area contributed by atoms with Gasteiger partial charge in [-0.15, -0.1) is 0 Å². The van der Waals surface area contributed by atoms with Gasteiger partial charge in [0.15, 0.2) is 0 Å². The summed E-state index contributed by atoms with van der Waals surface area (Å²) < 4.78 is 17.0. The Hall–Kier alpha value is -1.37. The number of carbonyl (C=O) groups excluding carboxylic acids is 1. The van der Waals surface area contributed by atoms with Gasteiger partial charge >= 0.3 is 0 Å². The fraction of sp³-hybridized carbons (Fsp3) is 0.706. The Kier molecular flexibility index (Phi) is 4.13. The van der Waals surface area contributed by atoms with Crippen LogP contribution in [0.2, 0.25) is 0 Å². The lowest BCUT2D eigenvalue weighted by molar-refractivity contribution is -0.133. The standard InChI is InChI=1S/C17H24N2O4/c20-16(15-3-6-21-10-15)19-5-8-23-17(12-19)11-18(4-7-22-13-17)9-14-1-2-14/h3,6,10,14H,1-2,4-5,7-9,11-13H2/t17-/m0/s1. The van der Waals surface area contributed by atoms with Crippen molar-refractivity contribution in [2.75, 3.05) is 52.5 Å². The van der Waals surface area contributed by atoms with Crippen LogP contribution in [0.15, 0.2) is 23.0 Å². The van der Waals surface area contributed by atoms with Crippen molar-refractivity contribution >= 4 is 5.91 Å². The molecule has 2 aliphatic heterocycles. The highest BCUT2D eigenvalue weighted by Crippen LogP contribution is 2.31. The predicted molar refractivity (Wildman–Crippen MR) is 83.3 cm³/mol. The van der Waals surface area contributed by atoms with Crippen LogP contribution >= 0.6 is 0 Å². The fourth-order valence-corrected chi connectivity index (χ4v) is 3.58. The molecule has 1 aliphatic carbocycles. The average molecular weight is 320 g/mol. The minimum absolute atomic E-state index is 0.0133. The van der Waals surface area contributed by atoms with Gasteiger partial charge in [0, 0.05) is 26.2 Å². The molecule has 23 heavy (non-hydrogen) atoms. The van der Waals surface area contributed by atoms with E-state index in [9.17, 15) is 4.79 Å². The van der Waals surface area contributed by atoms with Gasteiger partial charge in [0.05, 0.1) is 38.2 Å². The van der Waals surface area contributed by atoms with Gasteiger partial charge in [0.1, 0.15) is 11.9 Å². The van der Waals surface area contributed by atoms with Crippen LogP contribution in [0.1, 0.15) is 23.2 Å². The summed E-state index contributed by atoms with van der Waals surface area (Å²) in [5.74, 6) is 0.858. The molecular formula is C17H24N2O4. The Labute approximate surface area is 136 Å². The summed E-state index contributed by atoms with van der Waals surface area (Å²) in [6.45, 7) is 5.99. The summed E-state index contributed by atoms with van der Waals surface area (Å²) in [6.07, 6.45) is 5.73. The molecule has 6 heteroatoms. The normalized spacial score (nSPS) is 29.7. The first-order chi connectivity index (χ1) is 11.2. The molecule has 4 rings (SSSR count). The molecule has 3 aliphatic rings. The van der Waals surface area contributed by atoms with E-state index in [0.29, 0.717) is 31.9 Å². The number of hydrogen-bond donors (Lipinski definition) is 0. The van der Waals surface area contributed by atoms with Crippen molar-refractivity contribution in [3.8, 4) is 0 Å². The van der Waals surface area contributed by atoms with Gasteiger partial charge in [-0.3, -0.25) is 9.69 Å². The van der Waals surface area contributed by atoms with Crippen molar-refractivity contribution in [2.45, 2.75) is 18.4 Å². The van der Waals surface area contributed by atoms with E-state index in [1.807, 2.05) is 4.90 Å². The summed E-state index contributed by atoms with van der Waals surface area (Å²) in [4.78, 5) is 16.9. The van der Waals surface area contributed by atoms with Crippen LogP contribution in [0.3, 0.4) is 0 Å². The van der Waals surface area contributed by atoms with Crippen molar-refractivity contribution in [1.82, 2.24) is 9.80 Å². The van der Waals surface area contributed by atoms with Crippen molar-refractivity contribution in [3.05, 3.63) is 24.2 Å². The summed E-state index contributed by atoms with van der Waals surface area (Å²) in [6, 6.07) is 1.72. The molecule has 1 spiro atoms. The molecule has 0 unspecified atom stereocenters. The molecule has 0 N–H and O–H groups in total. The van der Waals surface area contributed by atoms with E-state index in [4.69, 9.17) is 13.9 Å². The molecule has 6 nitrogen and oxygen atoms in total. The van der Waals surface area contributed by atoms with Crippen LogP contribution in [0.5, 0.6) is 0 Å². The monoisotopic (exact) mass is 320 g/mol. The highest BCUT2D eigenvalue weighted by Gasteiger charge is 2.42. The predicted octanol–water partition coefficient (Wildman–Crippen LogP) is 1.23. The minimum Gasteiger partial charge on any atom is -0.472 e. The van der Waals surface area contributed by atoms with Gasteiger partial charge in [-0.2, -0.15) is 0 Å². The minimum atomic E-state index is -0.400. The third-order valence-electron chi connectivity index (χ3n) is 4.95. The Morgan fingerprint density at radius 1 is 1.26 bits per heavy atom. The van der Waals surface area contributed by atoms with Gasteiger partial charge in [-0.05, 0) is 24.8 Å². The molecule has 1 saturated carbocycles. The Morgan fingerprint density at radius 2 is 2.17 bits per heavy atom. The molecule has 0 bridgehead atoms. The van der Waals surface area contributed by atoms with E-state index in [-0.39, 0.29) is 5.91 Å². The van der Waals surface area contributed by atoms with E-state index in [1.165, 1.54) is 25.4 Å². The largest absolute Gasteiger partial charge is 0.472 e. The second-order valence-electron chi connectivity index (χ2n) is 7.00. The summed E-state index contributed by atoms with van der Waals surface area (Å²) in [5, 5.41) is 0. The number of amides is 1. The zero-order valence-corrected chi connectivity index (χ0v) is 13.4. The number of morpholine rings is 1. The molecule has 2 saturated heterocycles. The van der Waals surface area contributed by atoms with Gasteiger partial charge in [-0.1, -0.05) is 0 Å². The first-order valence-corrected chi connectivity index (χ1v) is 8.50. The molecule has 3 fully saturated rings. The number of ether oxygens (including phenoxy) is 2. The first kappa shape index (κ1) is 15.2. The van der Waals surface area contributed by atoms with Crippen LogP contribution in [-0.2, 0) is 9.47 Å². The van der Waals surface area contributed by atoms with E-state index < -0.39 is 5.60 Å². The van der Waals surface area contributed by atoms with Crippen molar-refractivity contribution in [2.24, 2.45) is 5.92 Å². The molecule has 0 radical (unpaired) electrons. The molecule has 3 heterocycles. The second-order valence-corrected chi connectivity index (χ2v) is 7.00. The average Bonchev–Trinajstić information content (AvgIpc) is 3.24. The summed E-state index contributed by atoms with van der Waals surface area (Å²) in [7, 11) is 0. The smallest absolute Gasteiger partial charge is 0.257 e. The van der Waals surface area contributed by atoms with Crippen molar-refractivity contribution in [1.29, 1.82) is 0 Å². The van der Waals surface area contributed by atoms with Crippen LogP contribution in [0.25, 0.3) is 0 Å². The number of furan rings is 1. The SMILES string of the molecule is O=C(c1ccoc1)N1CCO[C@]2(COCCN(CC3CC3)C2)C1. The molecular weight excluding hydrogens is 296 g/mol. The number of carbonyl (C=O) groups is 1. The second kappa shape index (κ2) is 6.26. The Balaban J connectivity index is 1.46. The maximum atomic E-state index is 12.6. The first-order valence-electron chi connectivity index (χ1n) is 8.50. The highest BCUT2D eigenvalue weighted by atomic mass is 16.5. The van der Waals surface area contributed by atoms with Crippen LogP contribution in [0, 0.1) is 5.92 Å². The van der Waals surface area contributed by atoms with E-state index in [2.05, 4.69) is 4.90 Å². The maximum Gasteiger partial charge on any atom is 0.257 e. The highest BCUT2D eigenvalue weighted by molar-refractivity contribution is 5.93. The van der Waals surface area contributed by atoms with E-state index in [1.54, 1.807) is 6.07 Å². The molecule has 1 amide bonds. The Morgan fingerprint density at radius 3 is 2.96 bits per heavy atom. The van der Waals surface area contributed by atoms with Gasteiger partial charge in [0.25, 0.3) is 5.91 Å². The van der Waals surface area contributed by atoms with Crippen molar-refractivity contribution < 1.29 is 18.7 Å². The molecule has 126 valence electrons. The topological polar surface area (TPSA) is 55.2 Å².